The lowest BCUT2D eigenvalue weighted by Gasteiger charge is -2.34. The number of aliphatic imine (C=N–C) groups is 1. The van der Waals surface area contributed by atoms with Crippen molar-refractivity contribution in [3.05, 3.63) is 16.1 Å². The second-order valence-electron chi connectivity index (χ2n) is 6.12. The number of guanidine groups is 1. The highest BCUT2D eigenvalue weighted by Crippen LogP contribution is 2.19. The highest BCUT2D eigenvalue weighted by atomic mass is 127. The third-order valence-electron chi connectivity index (χ3n) is 4.17. The monoisotopic (exact) mass is 494 g/mol. The minimum Gasteiger partial charge on any atom is -0.370 e. The normalized spacial score (nSPS) is 17.4. The topological polar surface area (TPSA) is 113 Å². The predicted octanol–water partition coefficient (Wildman–Crippen LogP) is 0.962. The number of halogens is 1. The van der Waals surface area contributed by atoms with E-state index in [0.717, 1.165) is 37.6 Å². The first-order valence-electron chi connectivity index (χ1n) is 8.43. The van der Waals surface area contributed by atoms with Crippen LogP contribution in [0.25, 0.3) is 0 Å². The lowest BCUT2D eigenvalue weighted by molar-refractivity contribution is -0.119. The number of nitrogens with zero attached hydrogens (tertiary/aromatic N) is 3. The van der Waals surface area contributed by atoms with Gasteiger partial charge in [0.25, 0.3) is 5.91 Å². The number of hydrogen-bond acceptors (Lipinski definition) is 5. The van der Waals surface area contributed by atoms with Gasteiger partial charge in [0.15, 0.2) is 5.96 Å². The molecule has 1 aliphatic heterocycles. The summed E-state index contributed by atoms with van der Waals surface area (Å²) in [5, 5.41) is 6.14. The van der Waals surface area contributed by atoms with E-state index >= 15 is 0 Å². The fourth-order valence-electron chi connectivity index (χ4n) is 2.99. The maximum atomic E-state index is 12.0. The number of primary amides is 1. The van der Waals surface area contributed by atoms with E-state index in [-0.39, 0.29) is 41.7 Å². The van der Waals surface area contributed by atoms with Crippen molar-refractivity contribution in [3.8, 4) is 0 Å². The molecule has 1 aromatic rings. The predicted molar refractivity (Wildman–Crippen MR) is 114 cm³/mol. The van der Waals surface area contributed by atoms with Crippen LogP contribution in [0.1, 0.15) is 34.6 Å². The summed E-state index contributed by atoms with van der Waals surface area (Å²) >= 11 is 1.34. The van der Waals surface area contributed by atoms with E-state index in [1.165, 1.54) is 11.3 Å². The minimum absolute atomic E-state index is 0. The molecule has 0 aliphatic carbocycles. The van der Waals surface area contributed by atoms with Crippen LogP contribution in [0.2, 0.25) is 0 Å². The molecular formula is C16H27IN6O2S. The van der Waals surface area contributed by atoms with E-state index in [1.807, 2.05) is 6.92 Å². The van der Waals surface area contributed by atoms with Crippen molar-refractivity contribution in [3.63, 3.8) is 0 Å². The molecular weight excluding hydrogens is 467 g/mol. The summed E-state index contributed by atoms with van der Waals surface area (Å²) < 4.78 is 0. The van der Waals surface area contributed by atoms with Crippen LogP contribution in [0.3, 0.4) is 0 Å². The minimum atomic E-state index is -0.254. The van der Waals surface area contributed by atoms with Crippen LogP contribution in [0, 0.1) is 12.8 Å². The van der Waals surface area contributed by atoms with Crippen LogP contribution >= 0.6 is 35.3 Å². The van der Waals surface area contributed by atoms with Gasteiger partial charge >= 0.3 is 0 Å². The Balaban J connectivity index is 0.00000338. The van der Waals surface area contributed by atoms with E-state index in [9.17, 15) is 9.59 Å². The van der Waals surface area contributed by atoms with E-state index in [1.54, 1.807) is 12.6 Å². The van der Waals surface area contributed by atoms with Crippen LogP contribution in [0.4, 0.5) is 0 Å². The Hall–Kier alpha value is -1.43. The van der Waals surface area contributed by atoms with E-state index in [4.69, 9.17) is 5.73 Å². The molecule has 8 nitrogen and oxygen atoms in total. The maximum Gasteiger partial charge on any atom is 0.263 e. The van der Waals surface area contributed by atoms with Gasteiger partial charge in [0.05, 0.1) is 11.2 Å². The van der Waals surface area contributed by atoms with Gasteiger partial charge in [-0.25, -0.2) is 4.98 Å². The first kappa shape index (κ1) is 22.6. The summed E-state index contributed by atoms with van der Waals surface area (Å²) in [6.45, 7) is 4.57. The average molecular weight is 494 g/mol. The molecule has 2 rings (SSSR count). The zero-order valence-electron chi connectivity index (χ0n) is 15.2. The molecule has 0 aromatic carbocycles. The lowest BCUT2D eigenvalue weighted by atomic mass is 9.95. The quantitative estimate of drug-likeness (QED) is 0.236. The summed E-state index contributed by atoms with van der Waals surface area (Å²) in [5.74, 6) is 0.711. The smallest absolute Gasteiger partial charge is 0.263 e. The van der Waals surface area contributed by atoms with Gasteiger partial charge in [-0.05, 0) is 25.7 Å². The van der Waals surface area contributed by atoms with Crippen molar-refractivity contribution < 1.29 is 9.59 Å². The molecule has 1 aromatic heterocycles. The number of hydrogen-bond donors (Lipinski definition) is 3. The molecule has 2 heterocycles. The number of likely N-dealkylation sites (tertiary alicyclic amines) is 1. The standard InChI is InChI=1S/C16H26N6O2S.HI/c1-11-14(25-10-21-11)15(24)19-5-6-20-16(18-2)22-7-3-4-12(9-22)8-13(17)23;/h10,12H,3-9H2,1-2H3,(H2,17,23)(H,18,20)(H,19,24);1H. The number of piperidine rings is 1. The summed E-state index contributed by atoms with van der Waals surface area (Å²) in [7, 11) is 1.74. The first-order chi connectivity index (χ1) is 12.0. The fourth-order valence-corrected chi connectivity index (χ4v) is 3.71. The van der Waals surface area contributed by atoms with Crippen molar-refractivity contribution >= 4 is 53.1 Å². The molecule has 26 heavy (non-hydrogen) atoms. The lowest BCUT2D eigenvalue weighted by Crippen LogP contribution is -2.48. The Bertz CT molecular complexity index is 636. The van der Waals surface area contributed by atoms with Crippen LogP contribution in [-0.2, 0) is 4.79 Å². The van der Waals surface area contributed by atoms with Gasteiger partial charge < -0.3 is 21.3 Å². The Morgan fingerprint density at radius 1 is 1.42 bits per heavy atom. The second-order valence-corrected chi connectivity index (χ2v) is 6.98. The van der Waals surface area contributed by atoms with E-state index < -0.39 is 0 Å². The Labute approximate surface area is 175 Å². The largest absolute Gasteiger partial charge is 0.370 e. The van der Waals surface area contributed by atoms with Crippen molar-refractivity contribution in [1.82, 2.24) is 20.5 Å². The zero-order valence-corrected chi connectivity index (χ0v) is 18.3. The number of nitrogens with two attached hydrogens (primary N) is 1. The van der Waals surface area contributed by atoms with Gasteiger partial charge in [-0.2, -0.15) is 0 Å². The molecule has 146 valence electrons. The number of aryl methyl sites for hydroxylation is 1. The van der Waals surface area contributed by atoms with Gasteiger partial charge in [0.2, 0.25) is 5.91 Å². The Morgan fingerprint density at radius 2 is 2.15 bits per heavy atom. The highest BCUT2D eigenvalue weighted by Gasteiger charge is 2.23. The number of carbonyl (C=O) groups excluding carboxylic acids is 2. The summed E-state index contributed by atoms with van der Waals surface area (Å²) in [5.41, 5.74) is 7.73. The average Bonchev–Trinajstić information content (AvgIpc) is 3.00. The van der Waals surface area contributed by atoms with E-state index in [0.29, 0.717) is 24.4 Å². The third kappa shape index (κ3) is 6.71. The second kappa shape index (κ2) is 11.3. The number of thiazole rings is 1. The summed E-state index contributed by atoms with van der Waals surface area (Å²) in [4.78, 5) is 34.3. The molecule has 1 fully saturated rings. The van der Waals surface area contributed by atoms with Crippen LogP contribution in [0.5, 0.6) is 0 Å². The Morgan fingerprint density at radius 3 is 2.77 bits per heavy atom. The van der Waals surface area contributed by atoms with Gasteiger partial charge in [-0.15, -0.1) is 35.3 Å². The molecule has 1 saturated heterocycles. The summed E-state index contributed by atoms with van der Waals surface area (Å²) in [6, 6.07) is 0. The highest BCUT2D eigenvalue weighted by molar-refractivity contribution is 14.0. The molecule has 4 N–H and O–H groups in total. The Kier molecular flexibility index (Phi) is 9.84. The van der Waals surface area contributed by atoms with Crippen molar-refractivity contribution in [2.45, 2.75) is 26.2 Å². The number of amides is 2. The molecule has 10 heteroatoms. The van der Waals surface area contributed by atoms with Crippen molar-refractivity contribution in [1.29, 1.82) is 0 Å². The molecule has 1 aliphatic rings. The molecule has 0 bridgehead atoms. The van der Waals surface area contributed by atoms with Crippen LogP contribution in [0.15, 0.2) is 10.5 Å². The molecule has 0 radical (unpaired) electrons. The number of aromatic nitrogens is 1. The van der Waals surface area contributed by atoms with Gasteiger partial charge in [-0.1, -0.05) is 0 Å². The number of nitrogens with one attached hydrogen (secondary N) is 2. The zero-order chi connectivity index (χ0) is 18.2. The molecule has 0 saturated carbocycles. The summed E-state index contributed by atoms with van der Waals surface area (Å²) in [6.07, 6.45) is 2.44. The van der Waals surface area contributed by atoms with Gasteiger partial charge in [0, 0.05) is 39.6 Å². The van der Waals surface area contributed by atoms with Gasteiger partial charge in [0.1, 0.15) is 4.88 Å². The van der Waals surface area contributed by atoms with Gasteiger partial charge in [-0.3, -0.25) is 14.6 Å². The molecule has 2 amide bonds. The maximum absolute atomic E-state index is 12.0. The number of carbonyl (C=O) groups is 2. The van der Waals surface area contributed by atoms with E-state index in [2.05, 4.69) is 25.5 Å². The molecule has 1 unspecified atom stereocenters. The van der Waals surface area contributed by atoms with Crippen molar-refractivity contribution in [2.75, 3.05) is 33.2 Å². The fraction of sp³-hybridized carbons (Fsp3) is 0.625. The van der Waals surface area contributed by atoms with Crippen LogP contribution in [-0.4, -0.2) is 60.9 Å². The first-order valence-corrected chi connectivity index (χ1v) is 9.31. The number of rotatable bonds is 6. The molecule has 1 atom stereocenters. The van der Waals surface area contributed by atoms with Crippen molar-refractivity contribution in [2.24, 2.45) is 16.6 Å². The SMILES string of the molecule is CN=C(NCCNC(=O)c1scnc1C)N1CCCC(CC(N)=O)C1.I. The molecule has 0 spiro atoms. The third-order valence-corrected chi connectivity index (χ3v) is 5.09. The van der Waals surface area contributed by atoms with Crippen LogP contribution < -0.4 is 16.4 Å².